The van der Waals surface area contributed by atoms with Crippen LogP contribution in [-0.2, 0) is 4.79 Å². The van der Waals surface area contributed by atoms with E-state index in [9.17, 15) is 4.79 Å². The largest absolute Gasteiger partial charge is 0.325 e. The maximum absolute atomic E-state index is 12.0. The quantitative estimate of drug-likeness (QED) is 0.868. The van der Waals surface area contributed by atoms with Crippen molar-refractivity contribution < 1.29 is 4.79 Å². The van der Waals surface area contributed by atoms with E-state index in [1.54, 1.807) is 6.07 Å². The third-order valence-corrected chi connectivity index (χ3v) is 4.40. The molecule has 4 heteroatoms. The van der Waals surface area contributed by atoms with Crippen molar-refractivity contribution in [2.75, 3.05) is 11.9 Å². The van der Waals surface area contributed by atoms with Crippen LogP contribution in [0.3, 0.4) is 0 Å². The summed E-state index contributed by atoms with van der Waals surface area (Å²) in [5, 5.41) is 6.88. The van der Waals surface area contributed by atoms with Gasteiger partial charge in [0.15, 0.2) is 0 Å². The van der Waals surface area contributed by atoms with Gasteiger partial charge in [-0.2, -0.15) is 0 Å². The van der Waals surface area contributed by atoms with Crippen LogP contribution in [0.2, 0.25) is 5.02 Å². The molecule has 1 aromatic carbocycles. The van der Waals surface area contributed by atoms with Crippen LogP contribution in [0.4, 0.5) is 5.69 Å². The van der Waals surface area contributed by atoms with E-state index < -0.39 is 0 Å². The van der Waals surface area contributed by atoms with Crippen LogP contribution in [0.25, 0.3) is 0 Å². The zero-order valence-corrected chi connectivity index (χ0v) is 13.0. The van der Waals surface area contributed by atoms with Gasteiger partial charge < -0.3 is 10.6 Å². The Labute approximate surface area is 126 Å². The second kappa shape index (κ2) is 7.09. The summed E-state index contributed by atoms with van der Waals surface area (Å²) in [4.78, 5) is 12.0. The molecule has 1 aliphatic rings. The molecule has 3 nitrogen and oxygen atoms in total. The third-order valence-electron chi connectivity index (χ3n) is 4.17. The van der Waals surface area contributed by atoms with E-state index in [4.69, 9.17) is 11.6 Å². The van der Waals surface area contributed by atoms with Crippen molar-refractivity contribution in [3.63, 3.8) is 0 Å². The molecule has 0 bridgehead atoms. The van der Waals surface area contributed by atoms with E-state index in [-0.39, 0.29) is 5.91 Å². The van der Waals surface area contributed by atoms with Crippen LogP contribution < -0.4 is 10.6 Å². The second-order valence-corrected chi connectivity index (χ2v) is 6.16. The second-order valence-electron chi connectivity index (χ2n) is 5.72. The van der Waals surface area contributed by atoms with Crippen molar-refractivity contribution in [3.05, 3.63) is 28.8 Å². The Bertz CT molecular complexity index is 470. The summed E-state index contributed by atoms with van der Waals surface area (Å²) in [6.45, 7) is 4.48. The average molecular weight is 295 g/mol. The lowest BCUT2D eigenvalue weighted by molar-refractivity contribution is -0.115. The minimum atomic E-state index is -0.0137. The number of amides is 1. The molecule has 0 heterocycles. The maximum Gasteiger partial charge on any atom is 0.238 e. The van der Waals surface area contributed by atoms with Gasteiger partial charge >= 0.3 is 0 Å². The standard InChI is InChI=1S/C16H23ClN2O/c1-11-7-8-14(17)9-15(11)19-16(20)10-18-12(2)13-5-3-4-6-13/h7-9,12-13,18H,3-6,10H2,1-2H3,(H,19,20)/t12-/m1/s1. The number of carbonyl (C=O) groups excluding carboxylic acids is 1. The molecular formula is C16H23ClN2O. The zero-order valence-electron chi connectivity index (χ0n) is 12.2. The number of nitrogens with one attached hydrogen (secondary N) is 2. The molecule has 20 heavy (non-hydrogen) atoms. The lowest BCUT2D eigenvalue weighted by Crippen LogP contribution is -2.38. The number of carbonyl (C=O) groups is 1. The smallest absolute Gasteiger partial charge is 0.238 e. The number of hydrogen-bond donors (Lipinski definition) is 2. The molecule has 0 unspecified atom stereocenters. The van der Waals surface area contributed by atoms with Crippen LogP contribution >= 0.6 is 11.6 Å². The number of rotatable bonds is 5. The molecule has 1 atom stereocenters. The predicted molar refractivity (Wildman–Crippen MR) is 84.2 cm³/mol. The first-order valence-corrected chi connectivity index (χ1v) is 7.73. The van der Waals surface area contributed by atoms with E-state index >= 15 is 0 Å². The lowest BCUT2D eigenvalue weighted by Gasteiger charge is -2.20. The average Bonchev–Trinajstić information content (AvgIpc) is 2.94. The van der Waals surface area contributed by atoms with Gasteiger partial charge in [0.1, 0.15) is 0 Å². The number of anilines is 1. The van der Waals surface area contributed by atoms with Crippen molar-refractivity contribution in [2.45, 2.75) is 45.6 Å². The Kier molecular flexibility index (Phi) is 5.44. The summed E-state index contributed by atoms with van der Waals surface area (Å²) >= 11 is 5.95. The normalized spacial score (nSPS) is 17.1. The maximum atomic E-state index is 12.0. The van der Waals surface area contributed by atoms with Gasteiger partial charge in [0.05, 0.1) is 6.54 Å². The van der Waals surface area contributed by atoms with E-state index in [1.165, 1.54) is 25.7 Å². The molecule has 0 radical (unpaired) electrons. The topological polar surface area (TPSA) is 41.1 Å². The Balaban J connectivity index is 1.81. The summed E-state index contributed by atoms with van der Waals surface area (Å²) in [6, 6.07) is 5.93. The first-order valence-electron chi connectivity index (χ1n) is 7.35. The highest BCUT2D eigenvalue weighted by Crippen LogP contribution is 2.27. The van der Waals surface area contributed by atoms with Gasteiger partial charge in [0, 0.05) is 16.8 Å². The van der Waals surface area contributed by atoms with Crippen molar-refractivity contribution in [1.29, 1.82) is 0 Å². The number of halogens is 1. The van der Waals surface area contributed by atoms with Gasteiger partial charge in [-0.3, -0.25) is 4.79 Å². The van der Waals surface area contributed by atoms with Crippen molar-refractivity contribution in [3.8, 4) is 0 Å². The van der Waals surface area contributed by atoms with E-state index in [2.05, 4.69) is 17.6 Å². The Hall–Kier alpha value is -1.06. The molecule has 0 aromatic heterocycles. The molecule has 2 rings (SSSR count). The molecular weight excluding hydrogens is 272 g/mol. The fourth-order valence-electron chi connectivity index (χ4n) is 2.80. The minimum Gasteiger partial charge on any atom is -0.325 e. The SMILES string of the molecule is Cc1ccc(Cl)cc1NC(=O)CN[C@H](C)C1CCCC1. The molecule has 1 amide bonds. The van der Waals surface area contributed by atoms with Crippen LogP contribution in [0.5, 0.6) is 0 Å². The molecule has 1 saturated carbocycles. The van der Waals surface area contributed by atoms with Gasteiger partial charge in [-0.15, -0.1) is 0 Å². The summed E-state index contributed by atoms with van der Waals surface area (Å²) in [5.41, 5.74) is 1.81. The van der Waals surface area contributed by atoms with Crippen LogP contribution in [0.1, 0.15) is 38.2 Å². The van der Waals surface area contributed by atoms with Gasteiger partial charge in [-0.05, 0) is 50.3 Å². The molecule has 110 valence electrons. The Morgan fingerprint density at radius 1 is 1.40 bits per heavy atom. The highest BCUT2D eigenvalue weighted by atomic mass is 35.5. The van der Waals surface area contributed by atoms with Crippen LogP contribution in [-0.4, -0.2) is 18.5 Å². The van der Waals surface area contributed by atoms with Crippen molar-refractivity contribution in [2.24, 2.45) is 5.92 Å². The van der Waals surface area contributed by atoms with Gasteiger partial charge in [-0.25, -0.2) is 0 Å². The summed E-state index contributed by atoms with van der Waals surface area (Å²) in [6.07, 6.45) is 5.21. The first kappa shape index (κ1) is 15.3. The van der Waals surface area contributed by atoms with Crippen molar-refractivity contribution in [1.82, 2.24) is 5.32 Å². The summed E-state index contributed by atoms with van der Waals surface area (Å²) in [5.74, 6) is 0.705. The van der Waals surface area contributed by atoms with Crippen LogP contribution in [0, 0.1) is 12.8 Å². The molecule has 0 aliphatic heterocycles. The number of aryl methyl sites for hydroxylation is 1. The van der Waals surface area contributed by atoms with Gasteiger partial charge in [0.2, 0.25) is 5.91 Å². The number of hydrogen-bond acceptors (Lipinski definition) is 2. The fraction of sp³-hybridized carbons (Fsp3) is 0.562. The van der Waals surface area contributed by atoms with Gasteiger partial charge in [-0.1, -0.05) is 30.5 Å². The van der Waals surface area contributed by atoms with E-state index in [0.717, 1.165) is 17.2 Å². The first-order chi connectivity index (χ1) is 9.56. The summed E-state index contributed by atoms with van der Waals surface area (Å²) < 4.78 is 0. The predicted octanol–water partition coefficient (Wildman–Crippen LogP) is 3.76. The fourth-order valence-corrected chi connectivity index (χ4v) is 2.97. The molecule has 0 saturated heterocycles. The lowest BCUT2D eigenvalue weighted by atomic mass is 10.00. The highest BCUT2D eigenvalue weighted by Gasteiger charge is 2.21. The number of benzene rings is 1. The highest BCUT2D eigenvalue weighted by molar-refractivity contribution is 6.31. The van der Waals surface area contributed by atoms with E-state index in [0.29, 0.717) is 17.6 Å². The van der Waals surface area contributed by atoms with Crippen molar-refractivity contribution >= 4 is 23.2 Å². The molecule has 0 spiro atoms. The molecule has 1 aliphatic carbocycles. The van der Waals surface area contributed by atoms with Gasteiger partial charge in [0.25, 0.3) is 0 Å². The Morgan fingerprint density at radius 2 is 2.10 bits per heavy atom. The molecule has 2 N–H and O–H groups in total. The Morgan fingerprint density at radius 3 is 2.80 bits per heavy atom. The molecule has 1 fully saturated rings. The zero-order chi connectivity index (χ0) is 14.5. The third kappa shape index (κ3) is 4.22. The van der Waals surface area contributed by atoms with E-state index in [1.807, 2.05) is 19.1 Å². The minimum absolute atomic E-state index is 0.0137. The monoisotopic (exact) mass is 294 g/mol. The van der Waals surface area contributed by atoms with Crippen LogP contribution in [0.15, 0.2) is 18.2 Å². The summed E-state index contributed by atoms with van der Waals surface area (Å²) in [7, 11) is 0. The molecule has 1 aromatic rings.